The number of nitrogens with zero attached hydrogens (tertiary/aromatic N) is 1. The molecule has 0 amide bonds. The van der Waals surface area contributed by atoms with Gasteiger partial charge < -0.3 is 19.5 Å². The number of methoxy groups -OCH3 is 2. The molecule has 0 fully saturated rings. The first-order chi connectivity index (χ1) is 15.5. The van der Waals surface area contributed by atoms with E-state index < -0.39 is 0 Å². The van der Waals surface area contributed by atoms with E-state index in [-0.39, 0.29) is 0 Å². The Morgan fingerprint density at radius 3 is 2.19 bits per heavy atom. The summed E-state index contributed by atoms with van der Waals surface area (Å²) in [4.78, 5) is 4.45. The van der Waals surface area contributed by atoms with Crippen LogP contribution in [0, 0.1) is 20.8 Å². The number of fused-ring (bicyclic) bond motifs is 1. The van der Waals surface area contributed by atoms with Crippen molar-refractivity contribution in [2.75, 3.05) is 19.5 Å². The van der Waals surface area contributed by atoms with E-state index in [1.54, 1.807) is 20.4 Å². The number of anilines is 1. The van der Waals surface area contributed by atoms with Gasteiger partial charge in [-0.2, -0.15) is 0 Å². The fourth-order valence-electron chi connectivity index (χ4n) is 3.66. The van der Waals surface area contributed by atoms with E-state index in [1.807, 2.05) is 24.3 Å². The van der Waals surface area contributed by atoms with Gasteiger partial charge in [-0.3, -0.25) is 4.98 Å². The van der Waals surface area contributed by atoms with Crippen molar-refractivity contribution in [2.45, 2.75) is 27.3 Å². The molecule has 0 aliphatic carbocycles. The molecule has 5 nitrogen and oxygen atoms in total. The molecule has 0 saturated carbocycles. The number of nitrogens with one attached hydrogen (secondary N) is 1. The van der Waals surface area contributed by atoms with Crippen LogP contribution in [0.5, 0.6) is 23.0 Å². The molecule has 32 heavy (non-hydrogen) atoms. The topological polar surface area (TPSA) is 52.6 Å². The second-order valence-electron chi connectivity index (χ2n) is 7.84. The van der Waals surface area contributed by atoms with Crippen LogP contribution in [0.15, 0.2) is 60.8 Å². The van der Waals surface area contributed by atoms with Crippen LogP contribution in [0.4, 0.5) is 5.69 Å². The van der Waals surface area contributed by atoms with Crippen LogP contribution in [-0.4, -0.2) is 19.2 Å². The molecule has 0 radical (unpaired) electrons. The normalized spacial score (nSPS) is 10.8. The van der Waals surface area contributed by atoms with Crippen molar-refractivity contribution in [2.24, 2.45) is 0 Å². The van der Waals surface area contributed by atoms with Gasteiger partial charge in [-0.05, 0) is 61.7 Å². The largest absolute Gasteiger partial charge is 0.493 e. The van der Waals surface area contributed by atoms with Crippen molar-refractivity contribution in [3.63, 3.8) is 0 Å². The zero-order chi connectivity index (χ0) is 22.7. The Balaban J connectivity index is 1.60. The lowest BCUT2D eigenvalue weighted by Gasteiger charge is -2.17. The number of benzene rings is 3. The van der Waals surface area contributed by atoms with Crippen LogP contribution < -0.4 is 19.5 Å². The van der Waals surface area contributed by atoms with Crippen LogP contribution in [0.25, 0.3) is 10.9 Å². The second-order valence-corrected chi connectivity index (χ2v) is 7.84. The van der Waals surface area contributed by atoms with Crippen molar-refractivity contribution in [1.82, 2.24) is 4.98 Å². The van der Waals surface area contributed by atoms with Gasteiger partial charge in [0.05, 0.1) is 19.7 Å². The summed E-state index contributed by atoms with van der Waals surface area (Å²) in [5.74, 6) is 2.81. The first kappa shape index (κ1) is 21.5. The number of ether oxygens (including phenoxy) is 3. The Morgan fingerprint density at radius 1 is 0.750 bits per heavy atom. The number of hydrogen-bond acceptors (Lipinski definition) is 5. The van der Waals surface area contributed by atoms with E-state index in [2.05, 4.69) is 61.4 Å². The van der Waals surface area contributed by atoms with Crippen molar-refractivity contribution < 1.29 is 14.2 Å². The number of hydrogen-bond donors (Lipinski definition) is 1. The second kappa shape index (κ2) is 9.18. The third-order valence-corrected chi connectivity index (χ3v) is 5.77. The fraction of sp³-hybridized carbons (Fsp3) is 0.222. The van der Waals surface area contributed by atoms with E-state index >= 15 is 0 Å². The van der Waals surface area contributed by atoms with Crippen molar-refractivity contribution in [3.05, 3.63) is 83.0 Å². The lowest BCUT2D eigenvalue weighted by Crippen LogP contribution is -2.03. The van der Waals surface area contributed by atoms with Crippen LogP contribution in [0.3, 0.4) is 0 Å². The van der Waals surface area contributed by atoms with E-state index in [9.17, 15) is 0 Å². The van der Waals surface area contributed by atoms with Crippen LogP contribution in [-0.2, 0) is 6.54 Å². The Bertz CT molecular complexity index is 1250. The molecule has 0 aliphatic heterocycles. The third kappa shape index (κ3) is 4.33. The molecule has 1 aromatic heterocycles. The van der Waals surface area contributed by atoms with Crippen LogP contribution in [0.2, 0.25) is 0 Å². The summed E-state index contributed by atoms with van der Waals surface area (Å²) in [5.41, 5.74) is 6.64. The van der Waals surface area contributed by atoms with Gasteiger partial charge in [0.15, 0.2) is 11.5 Å². The zero-order valence-electron chi connectivity index (χ0n) is 19.2. The Morgan fingerprint density at radius 2 is 1.47 bits per heavy atom. The Labute approximate surface area is 189 Å². The van der Waals surface area contributed by atoms with Gasteiger partial charge in [0.1, 0.15) is 11.5 Å². The number of pyridine rings is 1. The molecule has 164 valence electrons. The minimum Gasteiger partial charge on any atom is -0.493 e. The maximum Gasteiger partial charge on any atom is 0.162 e. The lowest BCUT2D eigenvalue weighted by atomic mass is 10.1. The lowest BCUT2D eigenvalue weighted by molar-refractivity contribution is 0.355. The maximum atomic E-state index is 6.34. The summed E-state index contributed by atoms with van der Waals surface area (Å²) in [6.45, 7) is 7.06. The van der Waals surface area contributed by atoms with Crippen LogP contribution in [0.1, 0.15) is 22.3 Å². The van der Waals surface area contributed by atoms with Gasteiger partial charge in [-0.1, -0.05) is 29.8 Å². The fourth-order valence-corrected chi connectivity index (χ4v) is 3.66. The highest BCUT2D eigenvalue weighted by Gasteiger charge is 2.13. The average Bonchev–Trinajstić information content (AvgIpc) is 2.81. The molecule has 3 aromatic carbocycles. The quantitative estimate of drug-likeness (QED) is 0.360. The minimum atomic E-state index is 0.640. The van der Waals surface area contributed by atoms with E-state index in [4.69, 9.17) is 14.2 Å². The zero-order valence-corrected chi connectivity index (χ0v) is 19.2. The van der Waals surface area contributed by atoms with Gasteiger partial charge in [0, 0.05) is 29.9 Å². The molecule has 1 N–H and O–H groups in total. The summed E-state index contributed by atoms with van der Waals surface area (Å²) in [7, 11) is 3.24. The van der Waals surface area contributed by atoms with Crippen LogP contribution >= 0.6 is 0 Å². The van der Waals surface area contributed by atoms with E-state index in [1.165, 1.54) is 11.1 Å². The first-order valence-corrected chi connectivity index (χ1v) is 10.6. The molecular formula is C27H28N2O3. The summed E-state index contributed by atoms with van der Waals surface area (Å²) in [6.07, 6.45) is 1.74. The molecule has 5 heteroatoms. The maximum absolute atomic E-state index is 6.34. The number of aromatic nitrogens is 1. The monoisotopic (exact) mass is 428 g/mol. The molecule has 4 rings (SSSR count). The minimum absolute atomic E-state index is 0.640. The van der Waals surface area contributed by atoms with Crippen molar-refractivity contribution in [3.8, 4) is 23.0 Å². The summed E-state index contributed by atoms with van der Waals surface area (Å²) in [5, 5.41) is 4.41. The highest BCUT2D eigenvalue weighted by atomic mass is 16.5. The van der Waals surface area contributed by atoms with E-state index in [0.717, 1.165) is 45.8 Å². The number of rotatable bonds is 7. The molecule has 0 saturated heterocycles. The third-order valence-electron chi connectivity index (χ3n) is 5.77. The molecule has 0 bridgehead atoms. The van der Waals surface area contributed by atoms with Gasteiger partial charge in [-0.15, -0.1) is 0 Å². The highest BCUT2D eigenvalue weighted by molar-refractivity contribution is 5.88. The van der Waals surface area contributed by atoms with Crippen molar-refractivity contribution in [1.29, 1.82) is 0 Å². The van der Waals surface area contributed by atoms with E-state index in [0.29, 0.717) is 11.5 Å². The number of aryl methyl sites for hydroxylation is 1. The Kier molecular flexibility index (Phi) is 6.17. The predicted molar refractivity (Wildman–Crippen MR) is 129 cm³/mol. The molecular weight excluding hydrogens is 400 g/mol. The van der Waals surface area contributed by atoms with Gasteiger partial charge in [-0.25, -0.2) is 0 Å². The van der Waals surface area contributed by atoms with Gasteiger partial charge in [0.2, 0.25) is 0 Å². The molecule has 1 heterocycles. The average molecular weight is 429 g/mol. The Hall–Kier alpha value is -3.73. The molecule has 4 aromatic rings. The summed E-state index contributed by atoms with van der Waals surface area (Å²) in [6, 6.07) is 18.3. The SMILES string of the molecule is COc1cc2nccc(Oc3ccc(NCc4ccc(C)cc4)c(C)c3C)c2cc1OC. The van der Waals surface area contributed by atoms with Gasteiger partial charge in [0.25, 0.3) is 0 Å². The standard InChI is InChI=1S/C27H28N2O3/c1-17-6-8-20(9-7-17)16-29-22-10-11-24(19(3)18(22)2)32-25-12-13-28-23-15-27(31-5)26(30-4)14-21(23)25/h6-15,29H,16H2,1-5H3. The van der Waals surface area contributed by atoms with Gasteiger partial charge >= 0.3 is 0 Å². The molecule has 0 spiro atoms. The smallest absolute Gasteiger partial charge is 0.162 e. The highest BCUT2D eigenvalue weighted by Crippen LogP contribution is 2.38. The summed E-state index contributed by atoms with van der Waals surface area (Å²) < 4.78 is 17.2. The predicted octanol–water partition coefficient (Wildman–Crippen LogP) is 6.58. The summed E-state index contributed by atoms with van der Waals surface area (Å²) >= 11 is 0. The first-order valence-electron chi connectivity index (χ1n) is 10.6. The van der Waals surface area contributed by atoms with Crippen molar-refractivity contribution >= 4 is 16.6 Å². The molecule has 0 unspecified atom stereocenters. The molecule has 0 atom stereocenters. The molecule has 0 aliphatic rings.